The Bertz CT molecular complexity index is 1070. The first-order valence-corrected chi connectivity index (χ1v) is 11.3. The molecule has 152 valence electrons. The van der Waals surface area contributed by atoms with Gasteiger partial charge in [0.15, 0.2) is 0 Å². The zero-order valence-corrected chi connectivity index (χ0v) is 17.7. The molecular weight excluding hydrogens is 428 g/mol. The molecule has 2 amide bonds. The molecule has 2 aromatic carbocycles. The van der Waals surface area contributed by atoms with Crippen LogP contribution in [0, 0.1) is 0 Å². The van der Waals surface area contributed by atoms with E-state index in [-0.39, 0.29) is 10.6 Å². The largest absolute Gasteiger partial charge is 0.274 e. The van der Waals surface area contributed by atoms with E-state index in [1.165, 1.54) is 12.1 Å². The molecule has 0 unspecified atom stereocenters. The number of benzene rings is 2. The Morgan fingerprint density at radius 2 is 1.29 bits per heavy atom. The summed E-state index contributed by atoms with van der Waals surface area (Å²) < 4.78 is 52.4. The smallest absolute Gasteiger partial charge is 0.264 e. The lowest BCUT2D eigenvalue weighted by Gasteiger charge is -2.10. The second kappa shape index (κ2) is 9.67. The number of carbonyl (C=O) groups is 2. The number of hydrogen-bond donors (Lipinski definition) is 2. The van der Waals surface area contributed by atoms with E-state index in [0.717, 1.165) is 25.1 Å². The minimum absolute atomic E-state index is 0.101. The van der Waals surface area contributed by atoms with E-state index >= 15 is 0 Å². The zero-order valence-electron chi connectivity index (χ0n) is 15.3. The van der Waals surface area contributed by atoms with Crippen molar-refractivity contribution in [2.24, 2.45) is 0 Å². The maximum atomic E-state index is 12.4. The van der Waals surface area contributed by atoms with Gasteiger partial charge in [0.25, 0.3) is 26.0 Å². The van der Waals surface area contributed by atoms with E-state index in [0.29, 0.717) is 0 Å². The summed E-state index contributed by atoms with van der Waals surface area (Å²) in [6.45, 7) is 4.99. The molecule has 28 heavy (non-hydrogen) atoms. The number of halogens is 1. The number of rotatable bonds is 5. The van der Waals surface area contributed by atoms with Crippen molar-refractivity contribution in [2.45, 2.75) is 30.6 Å². The summed E-state index contributed by atoms with van der Waals surface area (Å²) in [6.07, 6.45) is 0. The average molecular weight is 447 g/mol. The molecular formula is C17H19ClN2O6S2. The molecule has 8 nitrogen and oxygen atoms in total. The molecule has 0 saturated heterocycles. The predicted molar refractivity (Wildman–Crippen MR) is 105 cm³/mol. The third kappa shape index (κ3) is 6.32. The second-order valence-corrected chi connectivity index (χ2v) is 8.89. The van der Waals surface area contributed by atoms with E-state index in [2.05, 4.69) is 0 Å². The predicted octanol–water partition coefficient (Wildman–Crippen LogP) is 2.31. The molecule has 0 heterocycles. The van der Waals surface area contributed by atoms with Crippen LogP contribution in [0.4, 0.5) is 0 Å². The van der Waals surface area contributed by atoms with Gasteiger partial charge < -0.3 is 0 Å². The Labute approximate surface area is 169 Å². The number of amides is 2. The van der Waals surface area contributed by atoms with Gasteiger partial charge in [-0.15, -0.1) is 0 Å². The molecule has 0 aliphatic heterocycles. The van der Waals surface area contributed by atoms with Gasteiger partial charge >= 0.3 is 0 Å². The van der Waals surface area contributed by atoms with Crippen LogP contribution in [0.25, 0.3) is 0 Å². The molecule has 0 radical (unpaired) electrons. The molecule has 0 bridgehead atoms. The van der Waals surface area contributed by atoms with Crippen LogP contribution in [-0.2, 0) is 24.8 Å². The Morgan fingerprint density at radius 3 is 1.75 bits per heavy atom. The summed E-state index contributed by atoms with van der Waals surface area (Å²) in [7, 11) is -8.71. The molecule has 0 spiro atoms. The fourth-order valence-corrected chi connectivity index (χ4v) is 4.47. The van der Waals surface area contributed by atoms with Crippen molar-refractivity contribution in [3.05, 3.63) is 59.1 Å². The lowest BCUT2D eigenvalue weighted by atomic mass is 10.2. The normalized spacial score (nSPS) is 11.0. The number of sulfonamides is 2. The van der Waals surface area contributed by atoms with Crippen LogP contribution in [-0.4, -0.2) is 28.6 Å². The molecule has 11 heteroatoms. The highest BCUT2D eigenvalue weighted by Crippen LogP contribution is 2.22. The van der Waals surface area contributed by atoms with Crippen LogP contribution >= 0.6 is 11.6 Å². The number of carbonyl (C=O) groups excluding carboxylic acids is 2. The van der Waals surface area contributed by atoms with Gasteiger partial charge in [-0.05, 0) is 30.3 Å². The quantitative estimate of drug-likeness (QED) is 0.725. The van der Waals surface area contributed by atoms with Crippen LogP contribution in [0.15, 0.2) is 58.3 Å². The molecule has 0 aromatic heterocycles. The van der Waals surface area contributed by atoms with Crippen molar-refractivity contribution < 1.29 is 26.4 Å². The average Bonchev–Trinajstić information content (AvgIpc) is 2.62. The monoisotopic (exact) mass is 446 g/mol. The molecule has 2 aromatic rings. The molecule has 0 aliphatic rings. The fraction of sp³-hybridized carbons (Fsp3) is 0.176. The van der Waals surface area contributed by atoms with E-state index in [1.54, 1.807) is 22.9 Å². The maximum absolute atomic E-state index is 12.4. The summed E-state index contributed by atoms with van der Waals surface area (Å²) in [5.41, 5.74) is 0.101. The highest BCUT2D eigenvalue weighted by atomic mass is 35.5. The van der Waals surface area contributed by atoms with E-state index < -0.39 is 41.7 Å². The molecule has 2 rings (SSSR count). The maximum Gasteiger partial charge on any atom is 0.264 e. The van der Waals surface area contributed by atoms with E-state index in [9.17, 15) is 26.4 Å². The first-order chi connectivity index (χ1) is 13.0. The van der Waals surface area contributed by atoms with Crippen LogP contribution in [0.5, 0.6) is 0 Å². The minimum atomic E-state index is -4.40. The first kappa shape index (κ1) is 23.6. The SMILES string of the molecule is CC.CC(=O)NS(=O)(=O)c1cc(Cl)cc(S(=O)(=O)NC(=O)c2ccccc2)c1. The fourth-order valence-electron chi connectivity index (χ4n) is 1.92. The van der Waals surface area contributed by atoms with E-state index in [4.69, 9.17) is 11.6 Å². The van der Waals surface area contributed by atoms with Gasteiger partial charge in [-0.2, -0.15) is 0 Å². The van der Waals surface area contributed by atoms with Crippen molar-refractivity contribution in [3.63, 3.8) is 0 Å². The third-order valence-electron chi connectivity index (χ3n) is 3.01. The van der Waals surface area contributed by atoms with Crippen LogP contribution in [0.1, 0.15) is 31.1 Å². The van der Waals surface area contributed by atoms with Gasteiger partial charge in [0.2, 0.25) is 5.91 Å². The summed E-state index contributed by atoms with van der Waals surface area (Å²) in [5.74, 6) is -1.75. The van der Waals surface area contributed by atoms with Gasteiger partial charge in [-0.1, -0.05) is 43.6 Å². The molecule has 2 N–H and O–H groups in total. The number of nitrogens with one attached hydrogen (secondary N) is 2. The van der Waals surface area contributed by atoms with Crippen molar-refractivity contribution in [1.82, 2.24) is 9.44 Å². The Balaban J connectivity index is 0.00000190. The molecule has 0 atom stereocenters. The Morgan fingerprint density at radius 1 is 0.821 bits per heavy atom. The highest BCUT2D eigenvalue weighted by Gasteiger charge is 2.23. The van der Waals surface area contributed by atoms with Gasteiger partial charge in [-0.3, -0.25) is 9.59 Å². The third-order valence-corrected chi connectivity index (χ3v) is 5.95. The summed E-state index contributed by atoms with van der Waals surface area (Å²) in [5, 5.41) is -0.205. The lowest BCUT2D eigenvalue weighted by Crippen LogP contribution is -2.31. The summed E-state index contributed by atoms with van der Waals surface area (Å²) in [6, 6.07) is 10.3. The highest BCUT2D eigenvalue weighted by molar-refractivity contribution is 7.91. The topological polar surface area (TPSA) is 126 Å². The van der Waals surface area contributed by atoms with Crippen LogP contribution in [0.2, 0.25) is 5.02 Å². The first-order valence-electron chi connectivity index (χ1n) is 7.97. The zero-order chi connectivity index (χ0) is 21.5. The molecule has 0 aliphatic carbocycles. The van der Waals surface area contributed by atoms with Crippen molar-refractivity contribution in [2.75, 3.05) is 0 Å². The second-order valence-electron chi connectivity index (χ2n) is 5.08. The van der Waals surface area contributed by atoms with Crippen molar-refractivity contribution >= 4 is 43.5 Å². The van der Waals surface area contributed by atoms with Gasteiger partial charge in [0.1, 0.15) is 0 Å². The molecule has 0 saturated carbocycles. The van der Waals surface area contributed by atoms with Gasteiger partial charge in [0, 0.05) is 17.5 Å². The summed E-state index contributed by atoms with van der Waals surface area (Å²) >= 11 is 5.80. The van der Waals surface area contributed by atoms with Gasteiger partial charge in [-0.25, -0.2) is 26.3 Å². The van der Waals surface area contributed by atoms with Crippen LogP contribution in [0.3, 0.4) is 0 Å². The Kier molecular flexibility index (Phi) is 8.15. The minimum Gasteiger partial charge on any atom is -0.274 e. The van der Waals surface area contributed by atoms with Crippen molar-refractivity contribution in [3.8, 4) is 0 Å². The number of hydrogen-bond acceptors (Lipinski definition) is 6. The van der Waals surface area contributed by atoms with Crippen LogP contribution < -0.4 is 9.44 Å². The van der Waals surface area contributed by atoms with E-state index in [1.807, 2.05) is 18.6 Å². The summed E-state index contributed by atoms with van der Waals surface area (Å²) in [4.78, 5) is 22.0. The standard InChI is InChI=1S/C15H13ClN2O6S2.C2H6/c1-10(19)17-25(21,22)13-7-12(16)8-14(9-13)26(23,24)18-15(20)11-5-3-2-4-6-11;1-2/h2-9H,1H3,(H,17,19)(H,18,20);1-2H3. The van der Waals surface area contributed by atoms with Gasteiger partial charge in [0.05, 0.1) is 9.79 Å². The Hall–Kier alpha value is -2.43. The van der Waals surface area contributed by atoms with Crippen molar-refractivity contribution in [1.29, 1.82) is 0 Å². The molecule has 0 fully saturated rings. The lowest BCUT2D eigenvalue weighted by molar-refractivity contribution is -0.117.